The van der Waals surface area contributed by atoms with Crippen molar-refractivity contribution in [3.8, 4) is 11.5 Å². The summed E-state index contributed by atoms with van der Waals surface area (Å²) in [4.78, 5) is 27.5. The molecule has 2 aromatic carbocycles. The van der Waals surface area contributed by atoms with Crippen LogP contribution in [0.5, 0.6) is 11.5 Å². The molecule has 0 radical (unpaired) electrons. The number of carbonyl (C=O) groups is 2. The highest BCUT2D eigenvalue weighted by Gasteiger charge is 2.29. The third-order valence-corrected chi connectivity index (χ3v) is 5.48. The number of likely N-dealkylation sites (tertiary alicyclic amines) is 1. The molecule has 31 heavy (non-hydrogen) atoms. The van der Waals surface area contributed by atoms with Crippen molar-refractivity contribution in [3.63, 3.8) is 0 Å². The molecule has 0 spiro atoms. The highest BCUT2D eigenvalue weighted by molar-refractivity contribution is 5.96. The zero-order chi connectivity index (χ0) is 22.2. The summed E-state index contributed by atoms with van der Waals surface area (Å²) >= 11 is 0. The lowest BCUT2D eigenvalue weighted by molar-refractivity contribution is -0.121. The van der Waals surface area contributed by atoms with Crippen molar-refractivity contribution in [2.45, 2.75) is 33.1 Å². The van der Waals surface area contributed by atoms with Crippen molar-refractivity contribution in [1.29, 1.82) is 0 Å². The van der Waals surface area contributed by atoms with E-state index in [0.29, 0.717) is 42.7 Å². The number of nitrogens with one attached hydrogen (secondary N) is 1. The molecule has 1 aliphatic heterocycles. The molecule has 1 aliphatic rings. The Hall–Kier alpha value is -3.02. The van der Waals surface area contributed by atoms with Crippen LogP contribution in [0.1, 0.15) is 43.5 Å². The quantitative estimate of drug-likeness (QED) is 0.672. The predicted octanol–water partition coefficient (Wildman–Crippen LogP) is 4.61. The van der Waals surface area contributed by atoms with Crippen LogP contribution in [-0.2, 0) is 4.79 Å². The van der Waals surface area contributed by atoms with Crippen LogP contribution >= 0.6 is 0 Å². The number of piperidine rings is 1. The molecule has 2 amide bonds. The number of amides is 2. The van der Waals surface area contributed by atoms with Gasteiger partial charge in [0.1, 0.15) is 0 Å². The summed E-state index contributed by atoms with van der Waals surface area (Å²) in [5, 5.41) is 2.95. The van der Waals surface area contributed by atoms with E-state index >= 15 is 0 Å². The molecule has 166 valence electrons. The predicted molar refractivity (Wildman–Crippen MR) is 122 cm³/mol. The first-order valence-corrected chi connectivity index (χ1v) is 10.9. The number of rotatable bonds is 8. The Bertz CT molecular complexity index is 882. The van der Waals surface area contributed by atoms with E-state index in [1.54, 1.807) is 30.2 Å². The fourth-order valence-electron chi connectivity index (χ4n) is 3.65. The van der Waals surface area contributed by atoms with Crippen LogP contribution in [0.2, 0.25) is 0 Å². The van der Waals surface area contributed by atoms with E-state index in [1.807, 2.05) is 30.3 Å². The molecule has 1 N–H and O–H groups in total. The third-order valence-electron chi connectivity index (χ3n) is 5.48. The van der Waals surface area contributed by atoms with Gasteiger partial charge in [-0.2, -0.15) is 0 Å². The fourth-order valence-corrected chi connectivity index (χ4v) is 3.65. The Balaban J connectivity index is 1.64. The van der Waals surface area contributed by atoms with E-state index in [4.69, 9.17) is 9.47 Å². The summed E-state index contributed by atoms with van der Waals surface area (Å²) in [5.41, 5.74) is 1.31. The molecule has 0 aliphatic carbocycles. The van der Waals surface area contributed by atoms with Gasteiger partial charge in [-0.1, -0.05) is 32.0 Å². The lowest BCUT2D eigenvalue weighted by Gasteiger charge is -2.32. The topological polar surface area (TPSA) is 67.9 Å². The van der Waals surface area contributed by atoms with Crippen molar-refractivity contribution < 1.29 is 19.1 Å². The Kier molecular flexibility index (Phi) is 7.93. The number of nitrogens with zero attached hydrogens (tertiary/aromatic N) is 1. The Morgan fingerprint density at radius 2 is 1.90 bits per heavy atom. The van der Waals surface area contributed by atoms with Crippen molar-refractivity contribution in [3.05, 3.63) is 54.1 Å². The van der Waals surface area contributed by atoms with Gasteiger partial charge in [0.25, 0.3) is 5.91 Å². The van der Waals surface area contributed by atoms with Crippen LogP contribution in [0.3, 0.4) is 0 Å². The van der Waals surface area contributed by atoms with Gasteiger partial charge in [0.05, 0.1) is 19.6 Å². The SMILES string of the molecule is COc1cc(C(=O)N2CCCC(C(=O)Nc3ccccc3)C2)ccc1OCCC(C)C. The van der Waals surface area contributed by atoms with Gasteiger partial charge in [0, 0.05) is 24.3 Å². The Labute approximate surface area is 184 Å². The van der Waals surface area contributed by atoms with Crippen LogP contribution in [0.15, 0.2) is 48.5 Å². The van der Waals surface area contributed by atoms with Gasteiger partial charge in [-0.25, -0.2) is 0 Å². The number of methoxy groups -OCH3 is 1. The summed E-state index contributed by atoms with van der Waals surface area (Å²) in [6.07, 6.45) is 2.52. The smallest absolute Gasteiger partial charge is 0.254 e. The van der Waals surface area contributed by atoms with Gasteiger partial charge in [-0.3, -0.25) is 9.59 Å². The average Bonchev–Trinajstić information content (AvgIpc) is 2.79. The third kappa shape index (κ3) is 6.23. The molecule has 1 fully saturated rings. The van der Waals surface area contributed by atoms with Crippen LogP contribution in [-0.4, -0.2) is 43.5 Å². The summed E-state index contributed by atoms with van der Waals surface area (Å²) < 4.78 is 11.3. The second-order valence-corrected chi connectivity index (χ2v) is 8.34. The van der Waals surface area contributed by atoms with Crippen LogP contribution in [0.25, 0.3) is 0 Å². The van der Waals surface area contributed by atoms with Gasteiger partial charge >= 0.3 is 0 Å². The van der Waals surface area contributed by atoms with Gasteiger partial charge in [0.15, 0.2) is 11.5 Å². The molecule has 3 rings (SSSR count). The Morgan fingerprint density at radius 3 is 2.61 bits per heavy atom. The fraction of sp³-hybridized carbons (Fsp3) is 0.440. The lowest BCUT2D eigenvalue weighted by atomic mass is 9.96. The number of ether oxygens (including phenoxy) is 2. The number of benzene rings is 2. The zero-order valence-corrected chi connectivity index (χ0v) is 18.6. The first-order chi connectivity index (χ1) is 15.0. The maximum absolute atomic E-state index is 13.1. The molecule has 2 aromatic rings. The van der Waals surface area contributed by atoms with Crippen molar-refractivity contribution in [2.24, 2.45) is 11.8 Å². The molecule has 1 unspecified atom stereocenters. The van der Waals surface area contributed by atoms with E-state index in [-0.39, 0.29) is 17.7 Å². The van der Waals surface area contributed by atoms with Crippen molar-refractivity contribution >= 4 is 17.5 Å². The zero-order valence-electron chi connectivity index (χ0n) is 18.6. The summed E-state index contributed by atoms with van der Waals surface area (Å²) in [6.45, 7) is 5.95. The molecule has 0 bridgehead atoms. The van der Waals surface area contributed by atoms with Gasteiger partial charge in [-0.15, -0.1) is 0 Å². The molecule has 1 atom stereocenters. The minimum atomic E-state index is -0.224. The lowest BCUT2D eigenvalue weighted by Crippen LogP contribution is -2.43. The van der Waals surface area contributed by atoms with Crippen LogP contribution in [0.4, 0.5) is 5.69 Å². The molecule has 0 saturated carbocycles. The van der Waals surface area contributed by atoms with Crippen LogP contribution in [0, 0.1) is 11.8 Å². The highest BCUT2D eigenvalue weighted by atomic mass is 16.5. The normalized spacial score (nSPS) is 16.1. The second kappa shape index (κ2) is 10.8. The summed E-state index contributed by atoms with van der Waals surface area (Å²) in [6, 6.07) is 14.7. The molecule has 6 heteroatoms. The number of hydrogen-bond donors (Lipinski definition) is 1. The molecule has 1 heterocycles. The maximum atomic E-state index is 13.1. The van der Waals surface area contributed by atoms with Gasteiger partial charge < -0.3 is 19.7 Å². The summed E-state index contributed by atoms with van der Waals surface area (Å²) in [5.74, 6) is 1.37. The average molecular weight is 425 g/mol. The molecule has 0 aromatic heterocycles. The largest absolute Gasteiger partial charge is 0.493 e. The second-order valence-electron chi connectivity index (χ2n) is 8.34. The standard InChI is InChI=1S/C25H32N2O4/c1-18(2)13-15-31-22-12-11-19(16-23(22)30-3)25(29)27-14-7-8-20(17-27)24(28)26-21-9-5-4-6-10-21/h4-6,9-12,16,18,20H,7-8,13-15,17H2,1-3H3,(H,26,28). The van der Waals surface area contributed by atoms with Crippen molar-refractivity contribution in [2.75, 3.05) is 32.1 Å². The van der Waals surface area contributed by atoms with Crippen molar-refractivity contribution in [1.82, 2.24) is 4.90 Å². The number of anilines is 1. The minimum absolute atomic E-state index is 0.0461. The Morgan fingerprint density at radius 1 is 1.13 bits per heavy atom. The number of hydrogen-bond acceptors (Lipinski definition) is 4. The van der Waals surface area contributed by atoms with E-state index in [9.17, 15) is 9.59 Å². The van der Waals surface area contributed by atoms with Gasteiger partial charge in [0.2, 0.25) is 5.91 Å². The monoisotopic (exact) mass is 424 g/mol. The molecule has 1 saturated heterocycles. The maximum Gasteiger partial charge on any atom is 0.254 e. The highest BCUT2D eigenvalue weighted by Crippen LogP contribution is 2.30. The number of para-hydroxylation sites is 1. The number of carbonyl (C=O) groups excluding carboxylic acids is 2. The molecular weight excluding hydrogens is 392 g/mol. The van der Waals surface area contributed by atoms with E-state index in [1.165, 1.54) is 0 Å². The minimum Gasteiger partial charge on any atom is -0.493 e. The summed E-state index contributed by atoms with van der Waals surface area (Å²) in [7, 11) is 1.57. The van der Waals surface area contributed by atoms with E-state index in [2.05, 4.69) is 19.2 Å². The first-order valence-electron chi connectivity index (χ1n) is 10.9. The van der Waals surface area contributed by atoms with Gasteiger partial charge in [-0.05, 0) is 55.5 Å². The first kappa shape index (κ1) is 22.7. The van der Waals surface area contributed by atoms with E-state index < -0.39 is 0 Å². The van der Waals surface area contributed by atoms with Crippen LogP contribution < -0.4 is 14.8 Å². The molecule has 6 nitrogen and oxygen atoms in total. The molecular formula is C25H32N2O4. The van der Waals surface area contributed by atoms with E-state index in [0.717, 1.165) is 24.9 Å².